The van der Waals surface area contributed by atoms with Crippen molar-refractivity contribution >= 4 is 11.8 Å². The number of rotatable bonds is 3. The number of imide groups is 1. The summed E-state index contributed by atoms with van der Waals surface area (Å²) in [5.74, 6) is -0.471. The van der Waals surface area contributed by atoms with Crippen molar-refractivity contribution in [1.82, 2.24) is 9.80 Å². The van der Waals surface area contributed by atoms with Crippen molar-refractivity contribution < 1.29 is 14.3 Å². The second-order valence-electron chi connectivity index (χ2n) is 6.14. The Morgan fingerprint density at radius 3 is 2.72 bits per heavy atom. The summed E-state index contributed by atoms with van der Waals surface area (Å²) in [6, 6.07) is 0. The lowest BCUT2D eigenvalue weighted by atomic mass is 9.74. The summed E-state index contributed by atoms with van der Waals surface area (Å²) >= 11 is 0. The van der Waals surface area contributed by atoms with E-state index in [0.29, 0.717) is 6.54 Å². The Balaban J connectivity index is 1.82. The molecule has 5 heteroatoms. The minimum absolute atomic E-state index is 0.0136. The maximum Gasteiger partial charge on any atom is 0.236 e. The van der Waals surface area contributed by atoms with Gasteiger partial charge in [0.2, 0.25) is 11.8 Å². The van der Waals surface area contributed by atoms with Crippen LogP contribution < -0.4 is 0 Å². The zero-order chi connectivity index (χ0) is 13.1. The summed E-state index contributed by atoms with van der Waals surface area (Å²) in [6.07, 6.45) is 1.79. The largest absolute Gasteiger partial charge is 0.370 e. The third kappa shape index (κ3) is 1.47. The molecule has 0 aromatic heterocycles. The topological polar surface area (TPSA) is 49.9 Å². The molecule has 0 unspecified atom stereocenters. The maximum absolute atomic E-state index is 12.4. The monoisotopic (exact) mass is 252 g/mol. The van der Waals surface area contributed by atoms with E-state index in [2.05, 4.69) is 0 Å². The predicted octanol–water partition coefficient (Wildman–Crippen LogP) is 0.100. The Bertz CT molecular complexity index is 409. The molecule has 3 heterocycles. The molecule has 100 valence electrons. The number of ether oxygens (including phenoxy) is 1. The summed E-state index contributed by atoms with van der Waals surface area (Å²) in [7, 11) is 3.89. The minimum atomic E-state index is -0.394. The van der Waals surface area contributed by atoms with E-state index in [1.165, 1.54) is 4.90 Å². The first-order chi connectivity index (χ1) is 8.44. The van der Waals surface area contributed by atoms with Crippen LogP contribution in [0.3, 0.4) is 0 Å². The molecule has 0 aliphatic carbocycles. The highest BCUT2D eigenvalue weighted by molar-refractivity contribution is 6.06. The third-order valence-electron chi connectivity index (χ3n) is 4.62. The first-order valence-electron chi connectivity index (χ1n) is 6.62. The molecule has 3 aliphatic heterocycles. The van der Waals surface area contributed by atoms with Crippen LogP contribution in [0.25, 0.3) is 0 Å². The molecule has 0 spiro atoms. The van der Waals surface area contributed by atoms with E-state index < -0.39 is 5.60 Å². The lowest BCUT2D eigenvalue weighted by Gasteiger charge is -2.26. The molecule has 0 N–H and O–H groups in total. The Kier molecular flexibility index (Phi) is 2.54. The fourth-order valence-electron chi connectivity index (χ4n) is 3.66. The van der Waals surface area contributed by atoms with Gasteiger partial charge in [0.1, 0.15) is 0 Å². The van der Waals surface area contributed by atoms with Crippen molar-refractivity contribution in [3.8, 4) is 0 Å². The lowest BCUT2D eigenvalue weighted by molar-refractivity contribution is -0.144. The number of carbonyl (C=O) groups is 2. The summed E-state index contributed by atoms with van der Waals surface area (Å²) in [5.41, 5.74) is -0.394. The average molecular weight is 252 g/mol. The van der Waals surface area contributed by atoms with Gasteiger partial charge in [-0.15, -0.1) is 0 Å². The standard InChI is InChI=1S/C13H20N2O3/c1-13-5-4-8(18-13)9-10(13)12(17)15(11(9)16)7-6-14(2)3/h8-10H,4-7H2,1-3H3/t8-,9+,10+,13-/m0/s1. The number of fused-ring (bicyclic) bond motifs is 5. The summed E-state index contributed by atoms with van der Waals surface area (Å²) in [6.45, 7) is 3.21. The van der Waals surface area contributed by atoms with Crippen LogP contribution >= 0.6 is 0 Å². The Labute approximate surface area is 107 Å². The van der Waals surface area contributed by atoms with Gasteiger partial charge in [0.05, 0.1) is 23.5 Å². The van der Waals surface area contributed by atoms with Crippen LogP contribution in [0.15, 0.2) is 0 Å². The van der Waals surface area contributed by atoms with Crippen molar-refractivity contribution in [3.05, 3.63) is 0 Å². The van der Waals surface area contributed by atoms with E-state index in [0.717, 1.165) is 19.4 Å². The molecule has 5 nitrogen and oxygen atoms in total. The number of nitrogens with zero attached hydrogens (tertiary/aromatic N) is 2. The van der Waals surface area contributed by atoms with Crippen LogP contribution in [0.5, 0.6) is 0 Å². The Morgan fingerprint density at radius 2 is 2.11 bits per heavy atom. The zero-order valence-electron chi connectivity index (χ0n) is 11.2. The van der Waals surface area contributed by atoms with Crippen molar-refractivity contribution in [2.75, 3.05) is 27.2 Å². The smallest absolute Gasteiger partial charge is 0.236 e. The van der Waals surface area contributed by atoms with Crippen LogP contribution in [-0.4, -0.2) is 60.5 Å². The fourth-order valence-corrected chi connectivity index (χ4v) is 3.66. The molecule has 0 aromatic carbocycles. The van der Waals surface area contributed by atoms with Crippen molar-refractivity contribution in [2.45, 2.75) is 31.5 Å². The number of amides is 2. The second-order valence-corrected chi connectivity index (χ2v) is 6.14. The highest BCUT2D eigenvalue weighted by atomic mass is 16.5. The molecular weight excluding hydrogens is 232 g/mol. The van der Waals surface area contributed by atoms with Gasteiger partial charge in [-0.25, -0.2) is 0 Å². The van der Waals surface area contributed by atoms with Crippen LogP contribution in [0.4, 0.5) is 0 Å². The van der Waals surface area contributed by atoms with E-state index >= 15 is 0 Å². The molecule has 3 saturated heterocycles. The number of likely N-dealkylation sites (N-methyl/N-ethyl adjacent to an activating group) is 1. The SMILES string of the molecule is CN(C)CCN1C(=O)[C@@H]2[C@@H]3CC[C@](C)(O3)[C@H]2C1=O. The highest BCUT2D eigenvalue weighted by Gasteiger charge is 2.67. The molecule has 2 bridgehead atoms. The van der Waals surface area contributed by atoms with Gasteiger partial charge in [0.15, 0.2) is 0 Å². The number of hydrogen-bond acceptors (Lipinski definition) is 4. The van der Waals surface area contributed by atoms with Crippen LogP contribution in [-0.2, 0) is 14.3 Å². The second kappa shape index (κ2) is 3.78. The van der Waals surface area contributed by atoms with Gasteiger partial charge in [-0.05, 0) is 33.9 Å². The summed E-state index contributed by atoms with van der Waals surface area (Å²) in [4.78, 5) is 28.2. The molecule has 0 radical (unpaired) electrons. The van der Waals surface area contributed by atoms with Crippen LogP contribution in [0.2, 0.25) is 0 Å². The number of hydrogen-bond donors (Lipinski definition) is 0. The molecule has 2 amide bonds. The maximum atomic E-state index is 12.4. The van der Waals surface area contributed by atoms with Gasteiger partial charge in [-0.3, -0.25) is 14.5 Å². The molecule has 0 saturated carbocycles. The summed E-state index contributed by atoms with van der Waals surface area (Å²) < 4.78 is 5.86. The molecule has 3 rings (SSSR count). The van der Waals surface area contributed by atoms with E-state index in [1.54, 1.807) is 0 Å². The predicted molar refractivity (Wildman–Crippen MR) is 64.8 cm³/mol. The van der Waals surface area contributed by atoms with Gasteiger partial charge in [0, 0.05) is 13.1 Å². The Hall–Kier alpha value is -0.940. The van der Waals surface area contributed by atoms with Gasteiger partial charge in [0.25, 0.3) is 0 Å². The van der Waals surface area contributed by atoms with Gasteiger partial charge >= 0.3 is 0 Å². The quantitative estimate of drug-likeness (QED) is 0.669. The molecule has 3 fully saturated rings. The zero-order valence-corrected chi connectivity index (χ0v) is 11.2. The van der Waals surface area contributed by atoms with Crippen LogP contribution in [0, 0.1) is 11.8 Å². The van der Waals surface area contributed by atoms with E-state index in [4.69, 9.17) is 4.74 Å². The average Bonchev–Trinajstić information content (AvgIpc) is 2.87. The van der Waals surface area contributed by atoms with Crippen molar-refractivity contribution in [2.24, 2.45) is 11.8 Å². The van der Waals surface area contributed by atoms with E-state index in [1.807, 2.05) is 25.9 Å². The molecule has 3 aliphatic rings. The molecule has 0 aromatic rings. The minimum Gasteiger partial charge on any atom is -0.370 e. The molecular formula is C13H20N2O3. The molecule has 18 heavy (non-hydrogen) atoms. The van der Waals surface area contributed by atoms with Gasteiger partial charge < -0.3 is 9.64 Å². The van der Waals surface area contributed by atoms with E-state index in [-0.39, 0.29) is 29.8 Å². The molecule has 4 atom stereocenters. The first-order valence-corrected chi connectivity index (χ1v) is 6.62. The fraction of sp³-hybridized carbons (Fsp3) is 0.846. The van der Waals surface area contributed by atoms with Crippen molar-refractivity contribution in [3.63, 3.8) is 0 Å². The van der Waals surface area contributed by atoms with Gasteiger partial charge in [-0.1, -0.05) is 0 Å². The van der Waals surface area contributed by atoms with Crippen molar-refractivity contribution in [1.29, 1.82) is 0 Å². The van der Waals surface area contributed by atoms with E-state index in [9.17, 15) is 9.59 Å². The first kappa shape index (κ1) is 12.1. The Morgan fingerprint density at radius 1 is 1.39 bits per heavy atom. The van der Waals surface area contributed by atoms with Gasteiger partial charge in [-0.2, -0.15) is 0 Å². The normalized spacial score (nSPS) is 42.2. The lowest BCUT2D eigenvalue weighted by Crippen LogP contribution is -2.41. The summed E-state index contributed by atoms with van der Waals surface area (Å²) in [5, 5.41) is 0. The number of likely N-dealkylation sites (tertiary alicyclic amines) is 1. The van der Waals surface area contributed by atoms with Crippen LogP contribution in [0.1, 0.15) is 19.8 Å². The third-order valence-corrected chi connectivity index (χ3v) is 4.62. The highest BCUT2D eigenvalue weighted by Crippen LogP contribution is 2.54. The number of carbonyl (C=O) groups excluding carboxylic acids is 2.